The molecule has 0 saturated heterocycles. The van der Waals surface area contributed by atoms with Crippen LogP contribution in [0, 0.1) is 0 Å². The van der Waals surface area contributed by atoms with Gasteiger partial charge in [0.15, 0.2) is 0 Å². The number of hydrogen-bond acceptors (Lipinski definition) is 3. The molecule has 154 valence electrons. The van der Waals surface area contributed by atoms with Crippen molar-refractivity contribution < 1.29 is 9.53 Å². The van der Waals surface area contributed by atoms with E-state index in [-0.39, 0.29) is 12.0 Å². The highest BCUT2D eigenvalue weighted by Gasteiger charge is 2.14. The van der Waals surface area contributed by atoms with E-state index in [4.69, 9.17) is 4.74 Å². The molecule has 0 aromatic heterocycles. The Bertz CT molecular complexity index is 461. The lowest BCUT2D eigenvalue weighted by Crippen LogP contribution is -2.31. The van der Waals surface area contributed by atoms with Crippen molar-refractivity contribution in [2.75, 3.05) is 6.61 Å². The van der Waals surface area contributed by atoms with Crippen LogP contribution in [0.15, 0.2) is 30.3 Å². The second kappa shape index (κ2) is 16.8. The van der Waals surface area contributed by atoms with E-state index in [1.807, 2.05) is 6.07 Å². The number of ether oxygens (including phenoxy) is 1. The number of benzene rings is 1. The minimum absolute atomic E-state index is 0.0513. The molecule has 3 heteroatoms. The average Bonchev–Trinajstić information content (AvgIpc) is 2.69. The number of rotatable bonds is 17. The van der Waals surface area contributed by atoms with Crippen LogP contribution in [0.3, 0.4) is 0 Å². The highest BCUT2D eigenvalue weighted by atomic mass is 16.5. The molecule has 27 heavy (non-hydrogen) atoms. The van der Waals surface area contributed by atoms with Crippen molar-refractivity contribution in [2.45, 2.75) is 103 Å². The zero-order valence-corrected chi connectivity index (χ0v) is 17.7. The molecule has 0 amide bonds. The van der Waals surface area contributed by atoms with Crippen LogP contribution in [0.1, 0.15) is 96.5 Å². The van der Waals surface area contributed by atoms with Gasteiger partial charge in [0, 0.05) is 12.6 Å². The summed E-state index contributed by atoms with van der Waals surface area (Å²) < 4.78 is 5.47. The molecule has 1 N–H and O–H groups in total. The van der Waals surface area contributed by atoms with Gasteiger partial charge in [0.2, 0.25) is 0 Å². The number of nitrogens with one attached hydrogen (secondary N) is 1. The third kappa shape index (κ3) is 13.5. The summed E-state index contributed by atoms with van der Waals surface area (Å²) in [5, 5.41) is 3.58. The van der Waals surface area contributed by atoms with E-state index < -0.39 is 0 Å². The molecular weight excluding hydrogens is 334 g/mol. The van der Waals surface area contributed by atoms with E-state index in [2.05, 4.69) is 43.4 Å². The smallest absolute Gasteiger partial charge is 0.307 e. The lowest BCUT2D eigenvalue weighted by molar-refractivity contribution is -0.144. The van der Waals surface area contributed by atoms with Crippen molar-refractivity contribution in [1.82, 2.24) is 5.32 Å². The molecule has 0 heterocycles. The van der Waals surface area contributed by atoms with Crippen LogP contribution < -0.4 is 5.32 Å². The Morgan fingerprint density at radius 1 is 0.889 bits per heavy atom. The van der Waals surface area contributed by atoms with Crippen molar-refractivity contribution >= 4 is 5.97 Å². The van der Waals surface area contributed by atoms with Gasteiger partial charge in [0.25, 0.3) is 0 Å². The van der Waals surface area contributed by atoms with E-state index in [0.29, 0.717) is 13.0 Å². The van der Waals surface area contributed by atoms with E-state index in [9.17, 15) is 4.79 Å². The van der Waals surface area contributed by atoms with Crippen molar-refractivity contribution in [3.8, 4) is 0 Å². The second-order valence-corrected chi connectivity index (χ2v) is 7.61. The quantitative estimate of drug-likeness (QED) is 0.252. The molecular formula is C24H41NO2. The fourth-order valence-electron chi connectivity index (χ4n) is 3.28. The Morgan fingerprint density at radius 3 is 2.19 bits per heavy atom. The van der Waals surface area contributed by atoms with Gasteiger partial charge in [-0.1, -0.05) is 102 Å². The van der Waals surface area contributed by atoms with Crippen LogP contribution in [0.5, 0.6) is 0 Å². The van der Waals surface area contributed by atoms with Gasteiger partial charge in [-0.15, -0.1) is 0 Å². The van der Waals surface area contributed by atoms with Crippen molar-refractivity contribution in [1.29, 1.82) is 0 Å². The molecule has 0 aliphatic carbocycles. The van der Waals surface area contributed by atoms with Gasteiger partial charge < -0.3 is 10.1 Å². The summed E-state index contributed by atoms with van der Waals surface area (Å²) in [5.41, 5.74) is 1.26. The summed E-state index contributed by atoms with van der Waals surface area (Å²) in [6.45, 7) is 5.84. The molecule has 0 aliphatic heterocycles. The summed E-state index contributed by atoms with van der Waals surface area (Å²) >= 11 is 0. The first kappa shape index (κ1) is 23.7. The van der Waals surface area contributed by atoms with Gasteiger partial charge in [-0.2, -0.15) is 0 Å². The Hall–Kier alpha value is -1.35. The predicted octanol–water partition coefficient (Wildman–Crippen LogP) is 6.41. The maximum absolute atomic E-state index is 12.2. The normalized spacial score (nSPS) is 12.1. The topological polar surface area (TPSA) is 38.3 Å². The Kier molecular flexibility index (Phi) is 14.7. The largest absolute Gasteiger partial charge is 0.466 e. The number of unbranched alkanes of at least 4 members (excludes halogenated alkanes) is 8. The molecule has 1 aromatic carbocycles. The zero-order valence-electron chi connectivity index (χ0n) is 17.7. The van der Waals surface area contributed by atoms with E-state index >= 15 is 0 Å². The number of esters is 1. The van der Waals surface area contributed by atoms with E-state index in [1.165, 1.54) is 56.9 Å². The monoisotopic (exact) mass is 375 g/mol. The maximum Gasteiger partial charge on any atom is 0.307 e. The molecule has 0 spiro atoms. The SMILES string of the molecule is CCCCCCCOC(=O)C[C@@H](CCCCCCC)NCc1ccccc1. The van der Waals surface area contributed by atoms with Gasteiger partial charge in [-0.3, -0.25) is 4.79 Å². The van der Waals surface area contributed by atoms with Gasteiger partial charge >= 0.3 is 5.97 Å². The summed E-state index contributed by atoms with van der Waals surface area (Å²) in [7, 11) is 0. The molecule has 0 fully saturated rings. The van der Waals surface area contributed by atoms with Crippen molar-refractivity contribution in [3.05, 3.63) is 35.9 Å². The highest BCUT2D eigenvalue weighted by molar-refractivity contribution is 5.70. The van der Waals surface area contributed by atoms with Crippen LogP contribution in [0.25, 0.3) is 0 Å². The predicted molar refractivity (Wildman–Crippen MR) is 115 cm³/mol. The average molecular weight is 376 g/mol. The molecule has 0 radical (unpaired) electrons. The molecule has 3 nitrogen and oxygen atoms in total. The second-order valence-electron chi connectivity index (χ2n) is 7.61. The van der Waals surface area contributed by atoms with Gasteiger partial charge in [-0.25, -0.2) is 0 Å². The lowest BCUT2D eigenvalue weighted by Gasteiger charge is -2.18. The first-order valence-corrected chi connectivity index (χ1v) is 11.2. The standard InChI is InChI=1S/C24H41NO2/c1-3-5-7-9-14-18-23(25-21-22-16-12-11-13-17-22)20-24(26)27-19-15-10-8-6-4-2/h11-13,16-17,23,25H,3-10,14-15,18-21H2,1-2H3/t23-/m1/s1. The van der Waals surface area contributed by atoms with Crippen LogP contribution in [-0.2, 0) is 16.1 Å². The minimum atomic E-state index is -0.0513. The first-order chi connectivity index (χ1) is 13.3. The lowest BCUT2D eigenvalue weighted by atomic mass is 10.0. The van der Waals surface area contributed by atoms with Gasteiger partial charge in [0.05, 0.1) is 13.0 Å². The molecule has 0 aliphatic rings. The molecule has 1 rings (SSSR count). The summed E-state index contributed by atoms with van der Waals surface area (Å²) in [5.74, 6) is -0.0513. The highest BCUT2D eigenvalue weighted by Crippen LogP contribution is 2.12. The van der Waals surface area contributed by atoms with Crippen LogP contribution in [-0.4, -0.2) is 18.6 Å². The molecule has 0 saturated carbocycles. The Labute approximate surface area is 167 Å². The minimum Gasteiger partial charge on any atom is -0.466 e. The third-order valence-corrected chi connectivity index (χ3v) is 5.02. The zero-order chi connectivity index (χ0) is 19.6. The van der Waals surface area contributed by atoms with E-state index in [1.54, 1.807) is 0 Å². The van der Waals surface area contributed by atoms with Crippen LogP contribution >= 0.6 is 0 Å². The molecule has 1 atom stereocenters. The Balaban J connectivity index is 2.31. The summed E-state index contributed by atoms with van der Waals surface area (Å²) in [6, 6.07) is 10.6. The number of hydrogen-bond donors (Lipinski definition) is 1. The van der Waals surface area contributed by atoms with Crippen molar-refractivity contribution in [2.24, 2.45) is 0 Å². The number of carbonyl (C=O) groups excluding carboxylic acids is 1. The van der Waals surface area contributed by atoms with Crippen LogP contribution in [0.4, 0.5) is 0 Å². The molecule has 0 unspecified atom stereocenters. The van der Waals surface area contributed by atoms with Gasteiger partial charge in [-0.05, 0) is 18.4 Å². The third-order valence-electron chi connectivity index (χ3n) is 5.02. The van der Waals surface area contributed by atoms with E-state index in [0.717, 1.165) is 25.8 Å². The molecule has 1 aromatic rings. The Morgan fingerprint density at radius 2 is 1.52 bits per heavy atom. The fourth-order valence-corrected chi connectivity index (χ4v) is 3.28. The van der Waals surface area contributed by atoms with Gasteiger partial charge in [0.1, 0.15) is 0 Å². The number of carbonyl (C=O) groups is 1. The van der Waals surface area contributed by atoms with Crippen LogP contribution in [0.2, 0.25) is 0 Å². The maximum atomic E-state index is 12.2. The molecule has 0 bridgehead atoms. The summed E-state index contributed by atoms with van der Waals surface area (Å²) in [6.07, 6.45) is 13.7. The fraction of sp³-hybridized carbons (Fsp3) is 0.708. The first-order valence-electron chi connectivity index (χ1n) is 11.2. The van der Waals surface area contributed by atoms with Crippen molar-refractivity contribution in [3.63, 3.8) is 0 Å². The summed E-state index contributed by atoms with van der Waals surface area (Å²) in [4.78, 5) is 12.2.